The summed E-state index contributed by atoms with van der Waals surface area (Å²) in [5, 5.41) is 6.16. The number of ether oxygens (including phenoxy) is 1. The Morgan fingerprint density at radius 1 is 1.32 bits per heavy atom. The number of amides is 2. The van der Waals surface area contributed by atoms with Crippen LogP contribution < -0.4 is 5.32 Å². The Morgan fingerprint density at radius 3 is 2.56 bits per heavy atom. The monoisotopic (exact) mass is 367 g/mol. The van der Waals surface area contributed by atoms with E-state index in [1.165, 1.54) is 4.90 Å². The summed E-state index contributed by atoms with van der Waals surface area (Å²) < 4.78 is 9.72. The minimum atomic E-state index is -0.569. The van der Waals surface area contributed by atoms with Gasteiger partial charge in [-0.25, -0.2) is 0 Å². The molecule has 0 saturated heterocycles. The summed E-state index contributed by atoms with van der Waals surface area (Å²) in [6.07, 6.45) is 3.15. The Balaban J connectivity index is 2.23. The lowest BCUT2D eigenvalue weighted by Crippen LogP contribution is -2.35. The zero-order valence-corrected chi connectivity index (χ0v) is 14.8. The number of nitrogens with zero attached hydrogens (tertiary/aromatic N) is 2. The van der Waals surface area contributed by atoms with Crippen LogP contribution in [0.4, 0.5) is 5.82 Å². The molecular formula is C16H21N3O5S. The third-order valence-corrected chi connectivity index (χ3v) is 3.66. The van der Waals surface area contributed by atoms with Crippen molar-refractivity contribution in [2.24, 2.45) is 0 Å². The number of esters is 1. The lowest BCUT2D eigenvalue weighted by molar-refractivity contribution is -0.149. The number of carbonyl (C=O) groups is 3. The van der Waals surface area contributed by atoms with E-state index >= 15 is 0 Å². The normalized spacial score (nSPS) is 9.96. The molecule has 1 N–H and O–H groups in total. The zero-order chi connectivity index (χ0) is 18.7. The molecule has 0 bridgehead atoms. The van der Waals surface area contributed by atoms with Crippen molar-refractivity contribution >= 4 is 35.4 Å². The third kappa shape index (κ3) is 8.20. The van der Waals surface area contributed by atoms with E-state index in [1.807, 2.05) is 0 Å². The minimum absolute atomic E-state index is 0.0402. The van der Waals surface area contributed by atoms with Crippen LogP contribution in [0, 0.1) is 6.92 Å². The summed E-state index contributed by atoms with van der Waals surface area (Å²) in [7, 11) is 0. The van der Waals surface area contributed by atoms with Gasteiger partial charge in [0.15, 0.2) is 12.4 Å². The van der Waals surface area contributed by atoms with Crippen molar-refractivity contribution in [2.75, 3.05) is 36.5 Å². The Kier molecular flexibility index (Phi) is 9.09. The van der Waals surface area contributed by atoms with Gasteiger partial charge >= 0.3 is 5.97 Å². The fourth-order valence-electron chi connectivity index (χ4n) is 1.70. The van der Waals surface area contributed by atoms with Gasteiger partial charge in [0, 0.05) is 19.2 Å². The fourth-order valence-corrected chi connectivity index (χ4v) is 2.31. The van der Waals surface area contributed by atoms with Crippen LogP contribution in [-0.4, -0.2) is 59.0 Å². The third-order valence-electron chi connectivity index (χ3n) is 2.76. The van der Waals surface area contributed by atoms with Crippen LogP contribution in [0.5, 0.6) is 0 Å². The highest BCUT2D eigenvalue weighted by Crippen LogP contribution is 2.08. The first-order valence-corrected chi connectivity index (χ1v) is 8.57. The second-order valence-electron chi connectivity index (χ2n) is 4.90. The van der Waals surface area contributed by atoms with Gasteiger partial charge in [-0.15, -0.1) is 24.9 Å². The average Bonchev–Trinajstić information content (AvgIpc) is 2.97. The number of thioether (sulfide) groups is 1. The molecule has 1 aromatic heterocycles. The van der Waals surface area contributed by atoms with Crippen LogP contribution in [0.2, 0.25) is 0 Å². The lowest BCUT2D eigenvalue weighted by atomic mass is 10.4. The fraction of sp³-hybridized carbons (Fsp3) is 0.375. The van der Waals surface area contributed by atoms with Crippen LogP contribution in [0.15, 0.2) is 35.9 Å². The second-order valence-corrected chi connectivity index (χ2v) is 5.89. The molecule has 1 heterocycles. The molecular weight excluding hydrogens is 346 g/mol. The number of hydrogen-bond acceptors (Lipinski definition) is 7. The van der Waals surface area contributed by atoms with Crippen molar-refractivity contribution in [1.29, 1.82) is 0 Å². The van der Waals surface area contributed by atoms with Crippen molar-refractivity contribution in [1.82, 2.24) is 10.1 Å². The van der Waals surface area contributed by atoms with Crippen LogP contribution >= 0.6 is 11.8 Å². The molecule has 0 fully saturated rings. The van der Waals surface area contributed by atoms with Gasteiger partial charge < -0.3 is 19.5 Å². The quantitative estimate of drug-likeness (QED) is 0.466. The maximum Gasteiger partial charge on any atom is 0.316 e. The number of aryl methyl sites for hydroxylation is 1. The average molecular weight is 367 g/mol. The molecule has 0 spiro atoms. The van der Waals surface area contributed by atoms with Crippen LogP contribution in [-0.2, 0) is 19.1 Å². The standard InChI is InChI=1S/C16H21N3O5S/c1-4-6-19(7-5-2)15(21)9-23-16(22)11-25-10-14(20)17-13-8-12(3)24-18-13/h4-5,8H,1-2,6-7,9-11H2,3H3,(H,17,18,20). The minimum Gasteiger partial charge on any atom is -0.455 e. The molecule has 25 heavy (non-hydrogen) atoms. The molecule has 2 amide bonds. The number of nitrogens with one attached hydrogen (secondary N) is 1. The summed E-state index contributed by atoms with van der Waals surface area (Å²) >= 11 is 1.07. The molecule has 1 rings (SSSR count). The van der Waals surface area contributed by atoms with Gasteiger partial charge in [-0.05, 0) is 6.92 Å². The molecule has 9 heteroatoms. The van der Waals surface area contributed by atoms with E-state index in [2.05, 4.69) is 23.6 Å². The number of anilines is 1. The van der Waals surface area contributed by atoms with Crippen molar-refractivity contribution in [3.63, 3.8) is 0 Å². The van der Waals surface area contributed by atoms with Gasteiger partial charge in [-0.1, -0.05) is 17.3 Å². The van der Waals surface area contributed by atoms with E-state index in [9.17, 15) is 14.4 Å². The molecule has 136 valence electrons. The van der Waals surface area contributed by atoms with E-state index in [1.54, 1.807) is 25.1 Å². The van der Waals surface area contributed by atoms with Gasteiger partial charge in [-0.2, -0.15) is 0 Å². The van der Waals surface area contributed by atoms with Gasteiger partial charge in [0.2, 0.25) is 5.91 Å². The Bertz CT molecular complexity index is 619. The first kappa shape index (κ1) is 20.5. The predicted molar refractivity (Wildman–Crippen MR) is 95.1 cm³/mol. The molecule has 0 unspecified atom stereocenters. The molecule has 0 aliphatic carbocycles. The molecule has 0 aliphatic rings. The van der Waals surface area contributed by atoms with Gasteiger partial charge in [0.05, 0.1) is 11.5 Å². The SMILES string of the molecule is C=CCN(CC=C)C(=O)COC(=O)CSCC(=O)Nc1cc(C)on1. The summed E-state index contributed by atoms with van der Waals surface area (Å²) in [5.41, 5.74) is 0. The number of carbonyl (C=O) groups excluding carboxylic acids is 3. The second kappa shape index (κ2) is 11.1. The van der Waals surface area contributed by atoms with Crippen LogP contribution in [0.3, 0.4) is 0 Å². The van der Waals surface area contributed by atoms with Crippen LogP contribution in [0.25, 0.3) is 0 Å². The van der Waals surface area contributed by atoms with Crippen molar-refractivity contribution in [3.8, 4) is 0 Å². The Morgan fingerprint density at radius 2 is 2.00 bits per heavy atom. The van der Waals surface area contributed by atoms with Crippen molar-refractivity contribution in [3.05, 3.63) is 37.1 Å². The highest BCUT2D eigenvalue weighted by Gasteiger charge is 2.14. The Hall–Kier alpha value is -2.55. The molecule has 8 nitrogen and oxygen atoms in total. The molecule has 0 aromatic carbocycles. The number of aromatic nitrogens is 1. The highest BCUT2D eigenvalue weighted by molar-refractivity contribution is 8.00. The van der Waals surface area contributed by atoms with Gasteiger partial charge in [0.25, 0.3) is 5.91 Å². The summed E-state index contributed by atoms with van der Waals surface area (Å²) in [6, 6.07) is 1.58. The van der Waals surface area contributed by atoms with Crippen LogP contribution in [0.1, 0.15) is 5.76 Å². The predicted octanol–water partition coefficient (Wildman–Crippen LogP) is 1.40. The van der Waals surface area contributed by atoms with Gasteiger partial charge in [-0.3, -0.25) is 14.4 Å². The zero-order valence-electron chi connectivity index (χ0n) is 14.0. The Labute approximate surface area is 150 Å². The molecule has 0 radical (unpaired) electrons. The largest absolute Gasteiger partial charge is 0.455 e. The van der Waals surface area contributed by atoms with Crippen molar-refractivity contribution < 1.29 is 23.6 Å². The smallest absolute Gasteiger partial charge is 0.316 e. The molecule has 0 saturated carbocycles. The van der Waals surface area contributed by atoms with Gasteiger partial charge in [0.1, 0.15) is 5.76 Å². The molecule has 1 aromatic rings. The maximum absolute atomic E-state index is 11.9. The van der Waals surface area contributed by atoms with E-state index in [4.69, 9.17) is 9.26 Å². The molecule has 0 aliphatic heterocycles. The van der Waals surface area contributed by atoms with E-state index in [-0.39, 0.29) is 29.9 Å². The van der Waals surface area contributed by atoms with E-state index < -0.39 is 5.97 Å². The first-order valence-electron chi connectivity index (χ1n) is 7.42. The van der Waals surface area contributed by atoms with E-state index in [0.717, 1.165) is 11.8 Å². The lowest BCUT2D eigenvalue weighted by Gasteiger charge is -2.18. The molecule has 0 atom stereocenters. The summed E-state index contributed by atoms with van der Waals surface area (Å²) in [6.45, 7) is 9.17. The highest BCUT2D eigenvalue weighted by atomic mass is 32.2. The maximum atomic E-state index is 11.9. The first-order chi connectivity index (χ1) is 12.0. The topological polar surface area (TPSA) is 102 Å². The van der Waals surface area contributed by atoms with E-state index in [0.29, 0.717) is 24.7 Å². The number of hydrogen-bond donors (Lipinski definition) is 1. The van der Waals surface area contributed by atoms with Crippen molar-refractivity contribution in [2.45, 2.75) is 6.92 Å². The summed E-state index contributed by atoms with van der Waals surface area (Å²) in [4.78, 5) is 36.6. The number of rotatable bonds is 11. The summed E-state index contributed by atoms with van der Waals surface area (Å²) in [5.74, 6) is -0.308.